The highest BCUT2D eigenvalue weighted by atomic mass is 79.9. The van der Waals surface area contributed by atoms with Crippen LogP contribution in [0.25, 0.3) is 0 Å². The number of hydrogen-bond acceptors (Lipinski definition) is 1. The Bertz CT molecular complexity index is 155. The van der Waals surface area contributed by atoms with Gasteiger partial charge in [-0.1, -0.05) is 28.8 Å². The molecule has 78 valence electrons. The largest absolute Gasteiger partial charge is 0.414 e. The lowest BCUT2D eigenvalue weighted by atomic mass is 10.0. The molecule has 0 aliphatic heterocycles. The molecule has 0 aromatic rings. The van der Waals surface area contributed by atoms with E-state index in [0.29, 0.717) is 6.10 Å². The zero-order valence-electron chi connectivity index (χ0n) is 8.98. The molecular formula is C10H21BrOSi. The van der Waals surface area contributed by atoms with Crippen LogP contribution in [0.4, 0.5) is 0 Å². The molecule has 1 aliphatic rings. The van der Waals surface area contributed by atoms with Gasteiger partial charge in [0.25, 0.3) is 0 Å². The van der Waals surface area contributed by atoms with Crippen LogP contribution in [0.1, 0.15) is 32.6 Å². The smallest absolute Gasteiger partial charge is 0.197 e. The van der Waals surface area contributed by atoms with E-state index in [1.165, 1.54) is 25.7 Å². The van der Waals surface area contributed by atoms with Crippen LogP contribution >= 0.6 is 15.9 Å². The van der Waals surface area contributed by atoms with Gasteiger partial charge < -0.3 is 4.43 Å². The zero-order chi connectivity index (χ0) is 9.90. The van der Waals surface area contributed by atoms with Gasteiger partial charge in [0.1, 0.15) is 0 Å². The molecule has 1 aliphatic carbocycles. The SMILES string of the molecule is CC(O[Si](C)(C)CBr)C1CCCC1. The molecule has 1 nitrogen and oxygen atoms in total. The minimum atomic E-state index is -1.39. The predicted molar refractivity (Wildman–Crippen MR) is 63.8 cm³/mol. The summed E-state index contributed by atoms with van der Waals surface area (Å²) in [4.78, 5) is 1.05. The topological polar surface area (TPSA) is 9.23 Å². The van der Waals surface area contributed by atoms with Crippen LogP contribution in [-0.4, -0.2) is 19.4 Å². The summed E-state index contributed by atoms with van der Waals surface area (Å²) >= 11 is 3.54. The van der Waals surface area contributed by atoms with Crippen molar-refractivity contribution in [2.24, 2.45) is 5.92 Å². The van der Waals surface area contributed by atoms with Crippen molar-refractivity contribution in [3.05, 3.63) is 0 Å². The summed E-state index contributed by atoms with van der Waals surface area (Å²) in [5.74, 6) is 0.839. The number of alkyl halides is 1. The zero-order valence-corrected chi connectivity index (χ0v) is 11.6. The lowest BCUT2D eigenvalue weighted by Crippen LogP contribution is -2.38. The first-order valence-corrected chi connectivity index (χ1v) is 9.52. The van der Waals surface area contributed by atoms with Gasteiger partial charge in [-0.05, 0) is 38.8 Å². The Kier molecular flexibility index (Phi) is 4.46. The molecule has 0 amide bonds. The van der Waals surface area contributed by atoms with Gasteiger partial charge in [0.05, 0.1) is 0 Å². The van der Waals surface area contributed by atoms with E-state index in [0.717, 1.165) is 10.9 Å². The second kappa shape index (κ2) is 4.94. The molecule has 3 heteroatoms. The fraction of sp³-hybridized carbons (Fsp3) is 1.00. The maximum absolute atomic E-state index is 6.16. The van der Waals surface area contributed by atoms with Crippen molar-refractivity contribution in [2.75, 3.05) is 4.95 Å². The van der Waals surface area contributed by atoms with Crippen LogP contribution in [0.15, 0.2) is 0 Å². The molecule has 0 aromatic carbocycles. The summed E-state index contributed by atoms with van der Waals surface area (Å²) in [7, 11) is -1.39. The van der Waals surface area contributed by atoms with Gasteiger partial charge in [0.2, 0.25) is 0 Å². The van der Waals surface area contributed by atoms with E-state index >= 15 is 0 Å². The van der Waals surface area contributed by atoms with Gasteiger partial charge in [-0.3, -0.25) is 0 Å². The molecule has 1 fully saturated rings. The van der Waals surface area contributed by atoms with E-state index in [1.807, 2.05) is 0 Å². The van der Waals surface area contributed by atoms with E-state index < -0.39 is 8.32 Å². The van der Waals surface area contributed by atoms with E-state index in [9.17, 15) is 0 Å². The molecule has 1 unspecified atom stereocenters. The van der Waals surface area contributed by atoms with Crippen molar-refractivity contribution >= 4 is 24.2 Å². The van der Waals surface area contributed by atoms with Crippen LogP contribution in [0.3, 0.4) is 0 Å². The maximum Gasteiger partial charge on any atom is 0.197 e. The van der Waals surface area contributed by atoms with Crippen molar-refractivity contribution in [1.29, 1.82) is 0 Å². The van der Waals surface area contributed by atoms with Crippen molar-refractivity contribution < 1.29 is 4.43 Å². The Hall–Kier alpha value is 0.657. The lowest BCUT2D eigenvalue weighted by molar-refractivity contribution is 0.147. The van der Waals surface area contributed by atoms with Crippen LogP contribution in [-0.2, 0) is 4.43 Å². The molecule has 13 heavy (non-hydrogen) atoms. The van der Waals surface area contributed by atoms with Gasteiger partial charge in [-0.15, -0.1) is 0 Å². The van der Waals surface area contributed by atoms with Crippen LogP contribution in [0.2, 0.25) is 13.1 Å². The Morgan fingerprint density at radius 1 is 1.38 bits per heavy atom. The fourth-order valence-corrected chi connectivity index (χ4v) is 3.72. The highest BCUT2D eigenvalue weighted by Gasteiger charge is 2.29. The van der Waals surface area contributed by atoms with E-state index in [2.05, 4.69) is 35.9 Å². The first-order valence-electron chi connectivity index (χ1n) is 5.29. The van der Waals surface area contributed by atoms with Gasteiger partial charge in [-0.25, -0.2) is 0 Å². The number of rotatable bonds is 4. The van der Waals surface area contributed by atoms with E-state index in [-0.39, 0.29) is 0 Å². The number of halogens is 1. The van der Waals surface area contributed by atoms with Crippen molar-refractivity contribution in [1.82, 2.24) is 0 Å². The van der Waals surface area contributed by atoms with Crippen molar-refractivity contribution in [2.45, 2.75) is 51.8 Å². The minimum Gasteiger partial charge on any atom is -0.414 e. The highest BCUT2D eigenvalue weighted by molar-refractivity contribution is 9.09. The third-order valence-electron chi connectivity index (χ3n) is 2.89. The highest BCUT2D eigenvalue weighted by Crippen LogP contribution is 2.30. The van der Waals surface area contributed by atoms with Crippen LogP contribution < -0.4 is 0 Å². The van der Waals surface area contributed by atoms with E-state index in [1.54, 1.807) is 0 Å². The lowest BCUT2D eigenvalue weighted by Gasteiger charge is -2.29. The molecule has 1 saturated carbocycles. The van der Waals surface area contributed by atoms with Crippen molar-refractivity contribution in [3.63, 3.8) is 0 Å². The molecule has 0 bridgehead atoms. The summed E-state index contributed by atoms with van der Waals surface area (Å²) in [6, 6.07) is 0. The standard InChI is InChI=1S/C10H21BrOSi/c1-9(10-6-4-5-7-10)12-13(2,3)8-11/h9-10H,4-8H2,1-3H3. The summed E-state index contributed by atoms with van der Waals surface area (Å²) in [5, 5.41) is 0. The maximum atomic E-state index is 6.16. The van der Waals surface area contributed by atoms with E-state index in [4.69, 9.17) is 4.43 Å². The molecule has 1 atom stereocenters. The third-order valence-corrected chi connectivity index (χ3v) is 8.60. The molecule has 0 heterocycles. The molecular weight excluding hydrogens is 244 g/mol. The number of hydrogen-bond donors (Lipinski definition) is 0. The summed E-state index contributed by atoms with van der Waals surface area (Å²) in [6.07, 6.45) is 6.08. The first-order chi connectivity index (χ1) is 6.05. The Labute approximate surface area is 91.5 Å². The monoisotopic (exact) mass is 264 g/mol. The van der Waals surface area contributed by atoms with Gasteiger partial charge in [0.15, 0.2) is 8.32 Å². The minimum absolute atomic E-state index is 0.488. The first kappa shape index (κ1) is 11.7. The summed E-state index contributed by atoms with van der Waals surface area (Å²) in [5.41, 5.74) is 0. The predicted octanol–water partition coefficient (Wildman–Crippen LogP) is 3.72. The quantitative estimate of drug-likeness (QED) is 0.556. The van der Waals surface area contributed by atoms with Gasteiger partial charge in [-0.2, -0.15) is 0 Å². The molecule has 0 N–H and O–H groups in total. The van der Waals surface area contributed by atoms with Crippen LogP contribution in [0.5, 0.6) is 0 Å². The molecule has 0 aromatic heterocycles. The third kappa shape index (κ3) is 3.72. The Balaban J connectivity index is 2.35. The molecule has 1 rings (SSSR count). The second-order valence-electron chi connectivity index (χ2n) is 4.76. The Morgan fingerprint density at radius 2 is 1.92 bits per heavy atom. The Morgan fingerprint density at radius 3 is 2.38 bits per heavy atom. The molecule has 0 spiro atoms. The second-order valence-corrected chi connectivity index (χ2v) is 10.5. The summed E-state index contributed by atoms with van der Waals surface area (Å²) in [6.45, 7) is 6.83. The van der Waals surface area contributed by atoms with Crippen LogP contribution in [0, 0.1) is 5.92 Å². The fourth-order valence-electron chi connectivity index (χ4n) is 2.06. The molecule has 0 saturated heterocycles. The average Bonchev–Trinajstić information content (AvgIpc) is 2.55. The normalized spacial score (nSPS) is 22.2. The van der Waals surface area contributed by atoms with Gasteiger partial charge >= 0.3 is 0 Å². The van der Waals surface area contributed by atoms with Gasteiger partial charge in [0, 0.05) is 11.1 Å². The van der Waals surface area contributed by atoms with Crippen molar-refractivity contribution in [3.8, 4) is 0 Å². The summed E-state index contributed by atoms with van der Waals surface area (Å²) < 4.78 is 6.16. The molecule has 0 radical (unpaired) electrons. The average molecular weight is 265 g/mol.